The molecule has 0 saturated heterocycles. The Morgan fingerprint density at radius 2 is 2.00 bits per heavy atom. The van der Waals surface area contributed by atoms with E-state index in [0.717, 1.165) is 10.2 Å². The summed E-state index contributed by atoms with van der Waals surface area (Å²) in [7, 11) is 0. The van der Waals surface area contributed by atoms with E-state index in [-0.39, 0.29) is 5.69 Å². The third-order valence-electron chi connectivity index (χ3n) is 2.53. The molecule has 1 aromatic rings. The molecule has 0 atom stereocenters. The van der Waals surface area contributed by atoms with Crippen molar-refractivity contribution in [3.8, 4) is 0 Å². The average Bonchev–Trinajstić information content (AvgIpc) is 2.14. The van der Waals surface area contributed by atoms with Crippen molar-refractivity contribution >= 4 is 15.9 Å². The summed E-state index contributed by atoms with van der Waals surface area (Å²) in [6, 6.07) is 0. The van der Waals surface area contributed by atoms with Gasteiger partial charge in [-0.2, -0.15) is 4.98 Å². The molecule has 2 N–H and O–H groups in total. The van der Waals surface area contributed by atoms with Crippen molar-refractivity contribution in [2.75, 3.05) is 6.54 Å². The van der Waals surface area contributed by atoms with Gasteiger partial charge >= 0.3 is 5.69 Å². The Balaban J connectivity index is 3.57. The van der Waals surface area contributed by atoms with E-state index >= 15 is 0 Å². The molecule has 1 aromatic heterocycles. The minimum Gasteiger partial charge on any atom is -0.328 e. The molecule has 84 valence electrons. The molecular formula is C10H16BrN3O. The lowest BCUT2D eigenvalue weighted by molar-refractivity contribution is 0.341. The molecule has 0 aliphatic heterocycles. The first kappa shape index (κ1) is 12.4. The van der Waals surface area contributed by atoms with Crippen LogP contribution in [0.15, 0.2) is 9.27 Å². The summed E-state index contributed by atoms with van der Waals surface area (Å²) in [5.74, 6) is 0. The molecule has 0 radical (unpaired) electrons. The summed E-state index contributed by atoms with van der Waals surface area (Å²) in [4.78, 5) is 15.7. The highest BCUT2D eigenvalue weighted by Gasteiger charge is 2.23. The Morgan fingerprint density at radius 1 is 1.47 bits per heavy atom. The first-order valence-electron chi connectivity index (χ1n) is 4.77. The third-order valence-corrected chi connectivity index (χ3v) is 3.68. The van der Waals surface area contributed by atoms with Crippen LogP contribution in [0, 0.1) is 13.8 Å². The van der Waals surface area contributed by atoms with Gasteiger partial charge in [0.2, 0.25) is 0 Å². The molecule has 0 fully saturated rings. The summed E-state index contributed by atoms with van der Waals surface area (Å²) < 4.78 is 2.49. The average molecular weight is 274 g/mol. The minimum absolute atomic E-state index is 0.247. The highest BCUT2D eigenvalue weighted by Crippen LogP contribution is 2.21. The fraction of sp³-hybridized carbons (Fsp3) is 0.600. The minimum atomic E-state index is -0.412. The molecule has 0 unspecified atom stereocenters. The Labute approximate surface area is 97.6 Å². The Bertz CT molecular complexity index is 437. The highest BCUT2D eigenvalue weighted by atomic mass is 79.9. The van der Waals surface area contributed by atoms with Crippen LogP contribution in [0.4, 0.5) is 0 Å². The van der Waals surface area contributed by atoms with Gasteiger partial charge in [-0.1, -0.05) is 0 Å². The van der Waals surface area contributed by atoms with Gasteiger partial charge in [-0.15, -0.1) is 0 Å². The van der Waals surface area contributed by atoms with Crippen molar-refractivity contribution in [3.63, 3.8) is 0 Å². The maximum Gasteiger partial charge on any atom is 0.348 e. The van der Waals surface area contributed by atoms with E-state index in [4.69, 9.17) is 5.73 Å². The molecule has 15 heavy (non-hydrogen) atoms. The van der Waals surface area contributed by atoms with Crippen LogP contribution in [0.5, 0.6) is 0 Å². The van der Waals surface area contributed by atoms with Gasteiger partial charge in [-0.3, -0.25) is 4.57 Å². The fourth-order valence-corrected chi connectivity index (χ4v) is 1.82. The monoisotopic (exact) mass is 273 g/mol. The molecule has 0 bridgehead atoms. The molecule has 0 aliphatic carbocycles. The smallest absolute Gasteiger partial charge is 0.328 e. The second-order valence-corrected chi connectivity index (χ2v) is 5.02. The van der Waals surface area contributed by atoms with E-state index in [1.165, 1.54) is 0 Å². The van der Waals surface area contributed by atoms with E-state index in [1.807, 2.05) is 20.8 Å². The Hall–Kier alpha value is -0.680. The lowest BCUT2D eigenvalue weighted by Crippen LogP contribution is -2.44. The van der Waals surface area contributed by atoms with Crippen molar-refractivity contribution in [1.29, 1.82) is 0 Å². The largest absolute Gasteiger partial charge is 0.348 e. The van der Waals surface area contributed by atoms with Gasteiger partial charge < -0.3 is 5.73 Å². The van der Waals surface area contributed by atoms with Crippen molar-refractivity contribution in [2.24, 2.45) is 5.73 Å². The summed E-state index contributed by atoms with van der Waals surface area (Å²) in [6.07, 6.45) is 0. The van der Waals surface area contributed by atoms with Crippen LogP contribution in [0.2, 0.25) is 0 Å². The van der Waals surface area contributed by atoms with E-state index in [0.29, 0.717) is 12.2 Å². The van der Waals surface area contributed by atoms with Crippen LogP contribution in [-0.2, 0) is 5.54 Å². The van der Waals surface area contributed by atoms with E-state index in [9.17, 15) is 4.79 Å². The van der Waals surface area contributed by atoms with Crippen LogP contribution in [0.25, 0.3) is 0 Å². The maximum atomic E-state index is 11.8. The van der Waals surface area contributed by atoms with Crippen LogP contribution in [-0.4, -0.2) is 16.1 Å². The number of hydrogen-bond donors (Lipinski definition) is 1. The fourth-order valence-electron chi connectivity index (χ4n) is 1.55. The number of aromatic nitrogens is 2. The number of nitrogens with zero attached hydrogens (tertiary/aromatic N) is 2. The predicted octanol–water partition coefficient (Wildman–Crippen LogP) is 1.32. The molecule has 0 aromatic carbocycles. The van der Waals surface area contributed by atoms with Gasteiger partial charge in [-0.25, -0.2) is 4.79 Å². The molecule has 4 nitrogen and oxygen atoms in total. The summed E-state index contributed by atoms with van der Waals surface area (Å²) in [5.41, 5.74) is 6.58. The first-order chi connectivity index (χ1) is 6.81. The normalized spacial score (nSPS) is 11.9. The number of halogens is 1. The van der Waals surface area contributed by atoms with Crippen molar-refractivity contribution in [3.05, 3.63) is 26.3 Å². The van der Waals surface area contributed by atoms with Gasteiger partial charge in [0.15, 0.2) is 0 Å². The highest BCUT2D eigenvalue weighted by molar-refractivity contribution is 9.10. The summed E-state index contributed by atoms with van der Waals surface area (Å²) in [6.45, 7) is 7.93. The van der Waals surface area contributed by atoms with Crippen molar-refractivity contribution in [2.45, 2.75) is 33.2 Å². The predicted molar refractivity (Wildman–Crippen MR) is 64.0 cm³/mol. The quantitative estimate of drug-likeness (QED) is 0.884. The maximum absolute atomic E-state index is 11.8. The zero-order valence-electron chi connectivity index (χ0n) is 9.47. The zero-order chi connectivity index (χ0) is 11.8. The van der Waals surface area contributed by atoms with Gasteiger partial charge in [0.1, 0.15) is 0 Å². The van der Waals surface area contributed by atoms with Crippen LogP contribution in [0.1, 0.15) is 25.2 Å². The summed E-state index contributed by atoms with van der Waals surface area (Å²) >= 11 is 3.42. The molecule has 5 heteroatoms. The Kier molecular flexibility index (Phi) is 3.35. The van der Waals surface area contributed by atoms with Gasteiger partial charge in [0.25, 0.3) is 0 Å². The third kappa shape index (κ3) is 2.13. The second kappa shape index (κ2) is 4.06. The first-order valence-corrected chi connectivity index (χ1v) is 5.57. The second-order valence-electron chi connectivity index (χ2n) is 4.23. The van der Waals surface area contributed by atoms with Gasteiger partial charge in [0, 0.05) is 12.2 Å². The molecule has 1 heterocycles. The topological polar surface area (TPSA) is 60.9 Å². The molecule has 0 spiro atoms. The van der Waals surface area contributed by atoms with Crippen LogP contribution >= 0.6 is 15.9 Å². The number of nitrogens with two attached hydrogens (primary N) is 1. The number of hydrogen-bond acceptors (Lipinski definition) is 3. The van der Waals surface area contributed by atoms with Crippen LogP contribution in [0.3, 0.4) is 0 Å². The molecular weight excluding hydrogens is 258 g/mol. The lowest BCUT2D eigenvalue weighted by Gasteiger charge is -2.28. The molecule has 1 rings (SSSR count). The van der Waals surface area contributed by atoms with E-state index in [1.54, 1.807) is 11.5 Å². The summed E-state index contributed by atoms with van der Waals surface area (Å²) in [5, 5.41) is 0. The standard InChI is InChI=1S/C10H16BrN3O/c1-6-8(11)7(2)14(9(15)13-6)10(3,4)5-12/h5,12H2,1-4H3. The van der Waals surface area contributed by atoms with Gasteiger partial charge in [-0.05, 0) is 43.6 Å². The van der Waals surface area contributed by atoms with Crippen LogP contribution < -0.4 is 11.4 Å². The Morgan fingerprint density at radius 3 is 2.47 bits per heavy atom. The van der Waals surface area contributed by atoms with Crippen molar-refractivity contribution < 1.29 is 0 Å². The zero-order valence-corrected chi connectivity index (χ0v) is 11.1. The van der Waals surface area contributed by atoms with Gasteiger partial charge in [0.05, 0.1) is 15.7 Å². The molecule has 0 amide bonds. The van der Waals surface area contributed by atoms with Crippen molar-refractivity contribution in [1.82, 2.24) is 9.55 Å². The number of aryl methyl sites for hydroxylation is 1. The molecule has 0 saturated carbocycles. The van der Waals surface area contributed by atoms with E-state index in [2.05, 4.69) is 20.9 Å². The lowest BCUT2D eigenvalue weighted by atomic mass is 10.1. The number of rotatable bonds is 2. The SMILES string of the molecule is Cc1nc(=O)n(C(C)(C)CN)c(C)c1Br. The van der Waals surface area contributed by atoms with E-state index < -0.39 is 5.54 Å². The molecule has 0 aliphatic rings.